The van der Waals surface area contributed by atoms with E-state index in [-0.39, 0.29) is 24.3 Å². The third kappa shape index (κ3) is 9.22. The van der Waals surface area contributed by atoms with Gasteiger partial charge in [-0.05, 0) is 85.0 Å². The molecule has 4 atom stereocenters. The van der Waals surface area contributed by atoms with Crippen LogP contribution in [0.3, 0.4) is 0 Å². The number of aromatic nitrogens is 2. The molecule has 2 heterocycles. The number of nitrogens with zero attached hydrogens (tertiary/aromatic N) is 2. The number of hydrogen-bond donors (Lipinski definition) is 4. The zero-order chi connectivity index (χ0) is 36.5. The van der Waals surface area contributed by atoms with Gasteiger partial charge in [0.2, 0.25) is 23.5 Å². The molecule has 4 unspecified atom stereocenters. The van der Waals surface area contributed by atoms with Gasteiger partial charge in [-0.15, -0.1) is 0 Å². The van der Waals surface area contributed by atoms with E-state index in [0.29, 0.717) is 49.8 Å². The summed E-state index contributed by atoms with van der Waals surface area (Å²) in [5.74, 6) is 2.03. The second-order valence-electron chi connectivity index (χ2n) is 14.1. The maximum atomic E-state index is 10.3. The summed E-state index contributed by atoms with van der Waals surface area (Å²) in [6.45, 7) is 6.13. The third-order valence-corrected chi connectivity index (χ3v) is 10.7. The van der Waals surface area contributed by atoms with E-state index in [9.17, 15) is 10.2 Å². The fourth-order valence-corrected chi connectivity index (χ4v) is 7.44. The first-order valence-corrected chi connectivity index (χ1v) is 18.7. The van der Waals surface area contributed by atoms with Crippen molar-refractivity contribution in [2.75, 3.05) is 14.2 Å². The Morgan fingerprint density at radius 3 is 1.40 bits per heavy atom. The molecule has 0 amide bonds. The van der Waals surface area contributed by atoms with E-state index in [0.717, 1.165) is 95.9 Å². The summed E-state index contributed by atoms with van der Waals surface area (Å²) in [5.41, 5.74) is 8.55. The van der Waals surface area contributed by atoms with Crippen LogP contribution in [-0.4, -0.2) is 58.7 Å². The second kappa shape index (κ2) is 18.0. The van der Waals surface area contributed by atoms with Crippen molar-refractivity contribution in [3.63, 3.8) is 0 Å². The van der Waals surface area contributed by atoms with E-state index in [1.165, 1.54) is 0 Å². The van der Waals surface area contributed by atoms with Gasteiger partial charge in [0.25, 0.3) is 0 Å². The summed E-state index contributed by atoms with van der Waals surface area (Å²) < 4.78 is 23.6. The molecule has 0 aliphatic heterocycles. The maximum absolute atomic E-state index is 10.3. The van der Waals surface area contributed by atoms with Crippen LogP contribution in [0.15, 0.2) is 60.7 Å². The van der Waals surface area contributed by atoms with Gasteiger partial charge < -0.3 is 39.8 Å². The fourth-order valence-electron chi connectivity index (χ4n) is 7.44. The van der Waals surface area contributed by atoms with E-state index in [4.69, 9.17) is 18.9 Å². The Kier molecular flexibility index (Phi) is 13.0. The lowest BCUT2D eigenvalue weighted by molar-refractivity contribution is 0.0899. The van der Waals surface area contributed by atoms with Crippen molar-refractivity contribution in [3.8, 4) is 34.6 Å². The Labute approximate surface area is 307 Å². The van der Waals surface area contributed by atoms with Crippen LogP contribution >= 0.6 is 0 Å². The second-order valence-corrected chi connectivity index (χ2v) is 14.1. The molecule has 52 heavy (non-hydrogen) atoms. The lowest BCUT2D eigenvalue weighted by Gasteiger charge is -2.28. The van der Waals surface area contributed by atoms with Crippen molar-refractivity contribution in [1.29, 1.82) is 0 Å². The molecule has 6 rings (SSSR count). The van der Waals surface area contributed by atoms with Crippen LogP contribution in [0.2, 0.25) is 0 Å². The molecule has 0 bridgehead atoms. The molecule has 2 aliphatic rings. The number of nitrogens with one attached hydrogen (secondary N) is 2. The highest BCUT2D eigenvalue weighted by Crippen LogP contribution is 2.32. The van der Waals surface area contributed by atoms with E-state index < -0.39 is 0 Å². The van der Waals surface area contributed by atoms with E-state index in [1.54, 1.807) is 14.2 Å². The average Bonchev–Trinajstić information content (AvgIpc) is 3.17. The largest absolute Gasteiger partial charge is 0.481 e. The summed E-state index contributed by atoms with van der Waals surface area (Å²) in [4.78, 5) is 9.26. The summed E-state index contributed by atoms with van der Waals surface area (Å²) in [7, 11) is 3.24. The standard InChI is InChI=1S/C42H54N4O6/c1-27-31(25-51-39-21-19-29(41(45-39)49-3)23-43-35-15-5-7-17-37(35)47)11-9-13-33(27)34-14-10-12-32(28(34)2)26-52-40-22-20-30(42(46-40)50-4)24-44-36-16-6-8-18-38(36)48/h9-14,19-22,35-38,43-44,47-48H,5-8,15-18,23-26H2,1-4H3. The highest BCUT2D eigenvalue weighted by Gasteiger charge is 2.24. The number of aliphatic hydroxyl groups excluding tert-OH is 2. The van der Waals surface area contributed by atoms with Crippen molar-refractivity contribution >= 4 is 0 Å². The minimum atomic E-state index is -0.310. The predicted octanol–water partition coefficient (Wildman–Crippen LogP) is 6.72. The SMILES string of the molecule is COc1nc(OCc2cccc(-c3cccc(COc4ccc(CNC5CCCCC5O)c(OC)n4)c3C)c2C)ccc1CNC1CCCCC1O. The molecule has 4 N–H and O–H groups in total. The van der Waals surface area contributed by atoms with Crippen molar-refractivity contribution in [2.45, 2.75) is 116 Å². The molecule has 2 aromatic carbocycles. The topological polar surface area (TPSA) is 127 Å². The van der Waals surface area contributed by atoms with Gasteiger partial charge in [-0.2, -0.15) is 9.97 Å². The predicted molar refractivity (Wildman–Crippen MR) is 202 cm³/mol. The van der Waals surface area contributed by atoms with E-state index in [1.807, 2.05) is 24.3 Å². The molecule has 2 aromatic heterocycles. The molecule has 2 saturated carbocycles. The molecule has 10 heteroatoms. The summed E-state index contributed by atoms with van der Waals surface area (Å²) >= 11 is 0. The number of benzene rings is 2. The zero-order valence-electron chi connectivity index (χ0n) is 31.0. The van der Waals surface area contributed by atoms with Crippen LogP contribution in [0, 0.1) is 13.8 Å². The van der Waals surface area contributed by atoms with Gasteiger partial charge >= 0.3 is 0 Å². The minimum absolute atomic E-state index is 0.0935. The quantitative estimate of drug-likeness (QED) is 0.106. The summed E-state index contributed by atoms with van der Waals surface area (Å²) in [5, 5.41) is 27.6. The Balaban J connectivity index is 1.08. The van der Waals surface area contributed by atoms with Crippen molar-refractivity contribution in [3.05, 3.63) is 94.0 Å². The van der Waals surface area contributed by atoms with Gasteiger partial charge in [-0.1, -0.05) is 62.1 Å². The zero-order valence-corrected chi connectivity index (χ0v) is 31.0. The highest BCUT2D eigenvalue weighted by molar-refractivity contribution is 5.72. The summed E-state index contributed by atoms with van der Waals surface area (Å²) in [6.07, 6.45) is 7.44. The van der Waals surface area contributed by atoms with Crippen LogP contribution in [0.1, 0.15) is 84.7 Å². The molecular weight excluding hydrogens is 656 g/mol. The number of hydrogen-bond acceptors (Lipinski definition) is 10. The first-order valence-electron chi connectivity index (χ1n) is 18.7. The van der Waals surface area contributed by atoms with Crippen LogP contribution in [0.5, 0.6) is 23.5 Å². The lowest BCUT2D eigenvalue weighted by atomic mass is 9.92. The monoisotopic (exact) mass is 710 g/mol. The molecule has 10 nitrogen and oxygen atoms in total. The molecule has 278 valence electrons. The van der Waals surface area contributed by atoms with Crippen LogP contribution < -0.4 is 29.6 Å². The van der Waals surface area contributed by atoms with Gasteiger partial charge in [0.1, 0.15) is 13.2 Å². The fraction of sp³-hybridized carbons (Fsp3) is 0.476. The number of aliphatic hydroxyl groups is 2. The van der Waals surface area contributed by atoms with Gasteiger partial charge in [-0.25, -0.2) is 0 Å². The van der Waals surface area contributed by atoms with Gasteiger partial charge in [0.05, 0.1) is 26.4 Å². The van der Waals surface area contributed by atoms with E-state index >= 15 is 0 Å². The Morgan fingerprint density at radius 2 is 1.00 bits per heavy atom. The minimum Gasteiger partial charge on any atom is -0.481 e. The summed E-state index contributed by atoms with van der Waals surface area (Å²) in [6, 6.07) is 20.5. The number of ether oxygens (including phenoxy) is 4. The van der Waals surface area contributed by atoms with Crippen LogP contribution in [0.4, 0.5) is 0 Å². The maximum Gasteiger partial charge on any atom is 0.220 e. The number of pyridine rings is 2. The Morgan fingerprint density at radius 1 is 0.577 bits per heavy atom. The molecule has 2 aliphatic carbocycles. The Hall–Kier alpha value is -4.22. The average molecular weight is 711 g/mol. The highest BCUT2D eigenvalue weighted by atomic mass is 16.5. The van der Waals surface area contributed by atoms with Gasteiger partial charge in [0, 0.05) is 48.4 Å². The van der Waals surface area contributed by atoms with Crippen molar-refractivity contribution in [1.82, 2.24) is 20.6 Å². The molecule has 0 radical (unpaired) electrons. The van der Waals surface area contributed by atoms with Crippen LogP contribution in [-0.2, 0) is 26.3 Å². The molecule has 0 spiro atoms. The normalized spacial score (nSPS) is 20.3. The molecule has 0 saturated heterocycles. The first kappa shape index (κ1) is 37.5. The van der Waals surface area contributed by atoms with Gasteiger partial charge in [-0.3, -0.25) is 0 Å². The lowest BCUT2D eigenvalue weighted by Crippen LogP contribution is -2.41. The number of methoxy groups -OCH3 is 2. The first-order chi connectivity index (χ1) is 25.3. The van der Waals surface area contributed by atoms with Crippen LogP contribution in [0.25, 0.3) is 11.1 Å². The van der Waals surface area contributed by atoms with Crippen molar-refractivity contribution in [2.24, 2.45) is 0 Å². The molecular formula is C42H54N4O6. The van der Waals surface area contributed by atoms with E-state index in [2.05, 4.69) is 70.8 Å². The number of rotatable bonds is 15. The smallest absolute Gasteiger partial charge is 0.220 e. The van der Waals surface area contributed by atoms with Gasteiger partial charge in [0.15, 0.2) is 0 Å². The Bertz CT molecular complexity index is 1650. The molecule has 4 aromatic rings. The third-order valence-electron chi connectivity index (χ3n) is 10.7. The molecule has 2 fully saturated rings. The van der Waals surface area contributed by atoms with Crippen molar-refractivity contribution < 1.29 is 29.2 Å².